The van der Waals surface area contributed by atoms with Crippen molar-refractivity contribution in [1.82, 2.24) is 5.32 Å². The summed E-state index contributed by atoms with van der Waals surface area (Å²) in [5.41, 5.74) is 1.72. The molecule has 2 N–H and O–H groups in total. The van der Waals surface area contributed by atoms with E-state index in [4.69, 9.17) is 37.8 Å². The Morgan fingerprint density at radius 3 is 2.58 bits per heavy atom. The normalized spacial score (nSPS) is 23.3. The molecule has 0 bridgehead atoms. The maximum atomic E-state index is 11.9. The molecule has 0 spiro atoms. The number of aryl methyl sites for hydroxylation is 1. The molecule has 1 heterocycles. The van der Waals surface area contributed by atoms with Crippen LogP contribution in [0.15, 0.2) is 36.4 Å². The Kier molecular flexibility index (Phi) is 7.14. The van der Waals surface area contributed by atoms with Gasteiger partial charge in [-0.1, -0.05) is 35.3 Å². The maximum Gasteiger partial charge on any atom is 0.341 e. The summed E-state index contributed by atoms with van der Waals surface area (Å²) in [7, 11) is 0. The van der Waals surface area contributed by atoms with Gasteiger partial charge >= 0.3 is 5.97 Å². The van der Waals surface area contributed by atoms with Crippen LogP contribution in [0.4, 0.5) is 0 Å². The summed E-state index contributed by atoms with van der Waals surface area (Å²) in [5, 5.41) is 13.2. The summed E-state index contributed by atoms with van der Waals surface area (Å²) in [6.07, 6.45) is 0.180. The van der Waals surface area contributed by atoms with Crippen LogP contribution in [0.3, 0.4) is 0 Å². The van der Waals surface area contributed by atoms with Gasteiger partial charge in [-0.2, -0.15) is 0 Å². The molecule has 31 heavy (non-hydrogen) atoms. The first-order chi connectivity index (χ1) is 14.6. The van der Waals surface area contributed by atoms with Crippen molar-refractivity contribution in [3.8, 4) is 5.75 Å². The molecule has 0 aromatic heterocycles. The number of carboxylic acids is 1. The molecule has 0 unspecified atom stereocenters. The Balaban J connectivity index is 2.03. The highest BCUT2D eigenvalue weighted by atomic mass is 35.5. The second-order valence-electron chi connectivity index (χ2n) is 8.14. The van der Waals surface area contributed by atoms with Gasteiger partial charge in [-0.05, 0) is 49.2 Å². The molecule has 1 amide bonds. The van der Waals surface area contributed by atoms with Crippen LogP contribution in [0.25, 0.3) is 0 Å². The SMILES string of the molecule is CC(=O)N[C@@]1(C)C[C@@H](c2cccc(Cl)c2)O[C@@H](c2cc(Cl)c(C)cc2OCC(=O)O)C1. The first-order valence-electron chi connectivity index (χ1n) is 9.90. The van der Waals surface area contributed by atoms with Crippen molar-refractivity contribution in [2.45, 2.75) is 51.4 Å². The number of hydrogen-bond acceptors (Lipinski definition) is 4. The van der Waals surface area contributed by atoms with E-state index < -0.39 is 24.2 Å². The lowest BCUT2D eigenvalue weighted by Crippen LogP contribution is -2.50. The van der Waals surface area contributed by atoms with Gasteiger partial charge in [0.05, 0.1) is 12.2 Å². The number of carbonyl (C=O) groups is 2. The fourth-order valence-corrected chi connectivity index (χ4v) is 4.37. The minimum Gasteiger partial charge on any atom is -0.482 e. The van der Waals surface area contributed by atoms with E-state index in [2.05, 4.69) is 5.32 Å². The van der Waals surface area contributed by atoms with Crippen LogP contribution in [0.1, 0.15) is 55.6 Å². The summed E-state index contributed by atoms with van der Waals surface area (Å²) in [6.45, 7) is 4.78. The molecule has 0 radical (unpaired) electrons. The van der Waals surface area contributed by atoms with Crippen LogP contribution in [0, 0.1) is 6.92 Å². The standard InChI is InChI=1S/C23H25Cl2NO5/c1-13-7-19(30-12-22(28)29)17(9-18(13)25)21-11-23(3,26-14(2)27)10-20(31-21)15-5-4-6-16(24)8-15/h4-9,20-21H,10-12H2,1-3H3,(H,26,27)(H,28,29)/t20-,21+,23-/m0/s1. The third-order valence-corrected chi connectivity index (χ3v) is 5.93. The van der Waals surface area contributed by atoms with Gasteiger partial charge in [-0.3, -0.25) is 4.79 Å². The Labute approximate surface area is 191 Å². The number of hydrogen-bond donors (Lipinski definition) is 2. The van der Waals surface area contributed by atoms with Gasteiger partial charge in [0.25, 0.3) is 0 Å². The fraction of sp³-hybridized carbons (Fsp3) is 0.391. The third-order valence-electron chi connectivity index (χ3n) is 5.29. The van der Waals surface area contributed by atoms with Crippen LogP contribution < -0.4 is 10.1 Å². The van der Waals surface area contributed by atoms with E-state index in [-0.39, 0.29) is 12.0 Å². The Morgan fingerprint density at radius 1 is 1.23 bits per heavy atom. The van der Waals surface area contributed by atoms with E-state index in [1.165, 1.54) is 6.92 Å². The molecule has 2 aromatic rings. The highest BCUT2D eigenvalue weighted by molar-refractivity contribution is 6.31. The lowest BCUT2D eigenvalue weighted by molar-refractivity contribution is -0.139. The second kappa shape index (κ2) is 9.47. The van der Waals surface area contributed by atoms with Gasteiger partial charge < -0.3 is 19.9 Å². The predicted molar refractivity (Wildman–Crippen MR) is 119 cm³/mol. The first kappa shape index (κ1) is 23.4. The van der Waals surface area contributed by atoms with Crippen LogP contribution >= 0.6 is 23.2 Å². The molecule has 1 aliphatic rings. The average molecular weight is 466 g/mol. The molecule has 1 saturated heterocycles. The molecule has 0 aliphatic carbocycles. The molecule has 3 rings (SSSR count). The Hall–Kier alpha value is -2.28. The highest BCUT2D eigenvalue weighted by Gasteiger charge is 2.41. The predicted octanol–water partition coefficient (Wildman–Crippen LogP) is 5.25. The number of amides is 1. The third kappa shape index (κ3) is 5.91. The number of carboxylic acid groups (broad SMARTS) is 1. The number of ether oxygens (including phenoxy) is 2. The average Bonchev–Trinajstić information content (AvgIpc) is 2.67. The van der Waals surface area contributed by atoms with Gasteiger partial charge in [-0.25, -0.2) is 4.79 Å². The maximum absolute atomic E-state index is 11.9. The van der Waals surface area contributed by atoms with E-state index in [0.717, 1.165) is 11.1 Å². The topological polar surface area (TPSA) is 84.9 Å². The van der Waals surface area contributed by atoms with Gasteiger partial charge in [0.2, 0.25) is 5.91 Å². The van der Waals surface area contributed by atoms with Gasteiger partial charge in [0.1, 0.15) is 5.75 Å². The van der Waals surface area contributed by atoms with Crippen LogP contribution in [-0.2, 0) is 14.3 Å². The molecule has 166 valence electrons. The molecular formula is C23H25Cl2NO5. The van der Waals surface area contributed by atoms with E-state index in [1.807, 2.05) is 32.0 Å². The van der Waals surface area contributed by atoms with Crippen molar-refractivity contribution < 1.29 is 24.2 Å². The number of aliphatic carboxylic acids is 1. The highest BCUT2D eigenvalue weighted by Crippen LogP contribution is 2.46. The molecule has 3 atom stereocenters. The van der Waals surface area contributed by atoms with Crippen LogP contribution in [-0.4, -0.2) is 29.1 Å². The molecule has 0 saturated carbocycles. The quantitative estimate of drug-likeness (QED) is 0.607. The Bertz CT molecular complexity index is 996. The monoisotopic (exact) mass is 465 g/mol. The van der Waals surface area contributed by atoms with Gasteiger partial charge in [-0.15, -0.1) is 0 Å². The van der Waals surface area contributed by atoms with Gasteiger partial charge in [0.15, 0.2) is 6.61 Å². The number of nitrogens with one attached hydrogen (secondary N) is 1. The fourth-order valence-electron chi connectivity index (χ4n) is 4.00. The first-order valence-corrected chi connectivity index (χ1v) is 10.7. The van der Waals surface area contributed by atoms with Crippen molar-refractivity contribution in [1.29, 1.82) is 0 Å². The molecule has 1 fully saturated rings. The summed E-state index contributed by atoms with van der Waals surface area (Å²) in [5.74, 6) is -0.827. The van der Waals surface area contributed by atoms with E-state index >= 15 is 0 Å². The summed E-state index contributed by atoms with van der Waals surface area (Å²) >= 11 is 12.6. The summed E-state index contributed by atoms with van der Waals surface area (Å²) < 4.78 is 12.0. The summed E-state index contributed by atoms with van der Waals surface area (Å²) in [4.78, 5) is 23.0. The molecule has 6 nitrogen and oxygen atoms in total. The minimum atomic E-state index is -1.08. The van der Waals surface area contributed by atoms with Crippen molar-refractivity contribution >= 4 is 35.1 Å². The number of carbonyl (C=O) groups excluding carboxylic acids is 1. The van der Waals surface area contributed by atoms with Crippen molar-refractivity contribution in [3.05, 3.63) is 63.1 Å². The van der Waals surface area contributed by atoms with Crippen LogP contribution in [0.5, 0.6) is 5.75 Å². The van der Waals surface area contributed by atoms with Gasteiger partial charge in [0, 0.05) is 40.9 Å². The lowest BCUT2D eigenvalue weighted by atomic mass is 9.81. The van der Waals surface area contributed by atoms with E-state index in [9.17, 15) is 9.59 Å². The molecular weight excluding hydrogens is 441 g/mol. The van der Waals surface area contributed by atoms with Crippen molar-refractivity contribution in [2.24, 2.45) is 0 Å². The Morgan fingerprint density at radius 2 is 1.94 bits per heavy atom. The molecule has 8 heteroatoms. The number of halogens is 2. The zero-order chi connectivity index (χ0) is 22.8. The summed E-state index contributed by atoms with van der Waals surface area (Å²) in [6, 6.07) is 10.9. The van der Waals surface area contributed by atoms with Crippen LogP contribution in [0.2, 0.25) is 10.0 Å². The zero-order valence-corrected chi connectivity index (χ0v) is 19.1. The lowest BCUT2D eigenvalue weighted by Gasteiger charge is -2.43. The van der Waals surface area contributed by atoms with E-state index in [1.54, 1.807) is 18.2 Å². The molecule has 1 aliphatic heterocycles. The minimum absolute atomic E-state index is 0.141. The molecule has 2 aromatic carbocycles. The number of benzene rings is 2. The smallest absolute Gasteiger partial charge is 0.341 e. The van der Waals surface area contributed by atoms with Crippen molar-refractivity contribution in [3.63, 3.8) is 0 Å². The van der Waals surface area contributed by atoms with E-state index in [0.29, 0.717) is 34.2 Å². The van der Waals surface area contributed by atoms with Crippen molar-refractivity contribution in [2.75, 3.05) is 6.61 Å². The second-order valence-corrected chi connectivity index (χ2v) is 8.98. The number of rotatable bonds is 6. The largest absolute Gasteiger partial charge is 0.482 e. The zero-order valence-electron chi connectivity index (χ0n) is 17.6.